The van der Waals surface area contributed by atoms with Crippen LogP contribution in [0.25, 0.3) is 21.9 Å². The molecule has 0 amide bonds. The van der Waals surface area contributed by atoms with Crippen LogP contribution < -0.4 is 11.4 Å². The summed E-state index contributed by atoms with van der Waals surface area (Å²) in [6, 6.07) is 2.25. The Morgan fingerprint density at radius 3 is 2.42 bits per heavy atom. The number of aryl methyl sites for hydroxylation is 2. The molecule has 0 aliphatic heterocycles. The van der Waals surface area contributed by atoms with Crippen molar-refractivity contribution in [3.8, 4) is 0 Å². The van der Waals surface area contributed by atoms with E-state index in [0.717, 1.165) is 36.0 Å². The summed E-state index contributed by atoms with van der Waals surface area (Å²) in [5, 5.41) is 6.28. The van der Waals surface area contributed by atoms with E-state index in [4.69, 9.17) is 14.7 Å². The van der Waals surface area contributed by atoms with Gasteiger partial charge in [0.25, 0.3) is 0 Å². The molecule has 0 unspecified atom stereocenters. The van der Waals surface area contributed by atoms with Gasteiger partial charge in [0, 0.05) is 27.5 Å². The molecular formula is C20H24N2O2. The van der Waals surface area contributed by atoms with Gasteiger partial charge in [-0.2, -0.15) is 0 Å². The van der Waals surface area contributed by atoms with Crippen LogP contribution in [0.2, 0.25) is 0 Å². The van der Waals surface area contributed by atoms with Crippen LogP contribution in [0.15, 0.2) is 26.3 Å². The number of benzene rings is 1. The highest BCUT2D eigenvalue weighted by Crippen LogP contribution is 2.38. The molecule has 3 aromatic rings. The first kappa shape index (κ1) is 15.3. The molecule has 1 aliphatic rings. The van der Waals surface area contributed by atoms with Gasteiger partial charge in [0.2, 0.25) is 5.55 Å². The second kappa shape index (κ2) is 5.13. The van der Waals surface area contributed by atoms with Gasteiger partial charge >= 0.3 is 0 Å². The molecule has 126 valence electrons. The Morgan fingerprint density at radius 1 is 1.04 bits per heavy atom. The van der Waals surface area contributed by atoms with E-state index >= 15 is 0 Å². The predicted octanol–water partition coefficient (Wildman–Crippen LogP) is 4.44. The summed E-state index contributed by atoms with van der Waals surface area (Å²) < 4.78 is 12.0. The van der Waals surface area contributed by atoms with E-state index in [1.165, 1.54) is 33.9 Å². The number of furan rings is 1. The third-order valence-electron chi connectivity index (χ3n) is 5.22. The van der Waals surface area contributed by atoms with E-state index in [2.05, 4.69) is 38.9 Å². The molecule has 24 heavy (non-hydrogen) atoms. The van der Waals surface area contributed by atoms with Gasteiger partial charge in [-0.1, -0.05) is 20.8 Å². The number of rotatable bonds is 0. The van der Waals surface area contributed by atoms with Crippen molar-refractivity contribution in [3.05, 3.63) is 40.1 Å². The maximum absolute atomic E-state index is 6.09. The normalized spacial score (nSPS) is 16.1. The van der Waals surface area contributed by atoms with Crippen molar-refractivity contribution in [2.75, 3.05) is 0 Å². The van der Waals surface area contributed by atoms with Gasteiger partial charge in [-0.15, -0.1) is 5.10 Å². The Hall–Kier alpha value is -2.23. The maximum Gasteiger partial charge on any atom is 0.239 e. The largest absolute Gasteiger partial charge is 0.464 e. The molecule has 0 saturated carbocycles. The minimum atomic E-state index is 0.0368. The third kappa shape index (κ3) is 2.09. The molecule has 0 bridgehead atoms. The number of hydrogen-bond acceptors (Lipinski definition) is 4. The molecule has 1 aliphatic carbocycles. The van der Waals surface area contributed by atoms with E-state index in [-0.39, 0.29) is 5.41 Å². The first-order valence-corrected chi connectivity index (χ1v) is 8.65. The van der Waals surface area contributed by atoms with Crippen molar-refractivity contribution in [3.63, 3.8) is 0 Å². The summed E-state index contributed by atoms with van der Waals surface area (Å²) in [5.41, 5.74) is 7.14. The van der Waals surface area contributed by atoms with Crippen LogP contribution in [0.1, 0.15) is 55.9 Å². The molecule has 2 aromatic heterocycles. The zero-order valence-corrected chi connectivity index (χ0v) is 14.8. The Labute approximate surface area is 141 Å². The lowest BCUT2D eigenvalue weighted by Gasteiger charge is -2.19. The van der Waals surface area contributed by atoms with Crippen LogP contribution in [-0.2, 0) is 18.3 Å². The smallest absolute Gasteiger partial charge is 0.239 e. The third-order valence-corrected chi connectivity index (χ3v) is 5.22. The van der Waals surface area contributed by atoms with Crippen molar-refractivity contribution >= 4 is 21.9 Å². The van der Waals surface area contributed by atoms with Crippen molar-refractivity contribution in [2.45, 2.75) is 58.8 Å². The van der Waals surface area contributed by atoms with E-state index < -0.39 is 0 Å². The van der Waals surface area contributed by atoms with E-state index in [9.17, 15) is 0 Å². The molecule has 1 aromatic carbocycles. The van der Waals surface area contributed by atoms with E-state index in [0.29, 0.717) is 5.55 Å². The fourth-order valence-corrected chi connectivity index (χ4v) is 3.95. The Balaban J connectivity index is 2.18. The van der Waals surface area contributed by atoms with Gasteiger partial charge in [0.05, 0.1) is 6.26 Å². The van der Waals surface area contributed by atoms with Crippen LogP contribution in [-0.4, -0.2) is 0 Å². The standard InChI is InChI=1S/C20H24N2O2/c1-11-17-15(16(10-23-17)20(2,3)4)9-14-12-7-5-6-8-13(12)19(22-21)24-18(11)14/h9-10H,5-8,21H2,1-4H3/b22-19+. The number of nitrogens with two attached hydrogens (primary N) is 1. The molecule has 2 N–H and O–H groups in total. The Kier molecular flexibility index (Phi) is 3.27. The molecule has 0 atom stereocenters. The van der Waals surface area contributed by atoms with Gasteiger partial charge in [-0.05, 0) is 49.7 Å². The van der Waals surface area contributed by atoms with Gasteiger partial charge in [-0.25, -0.2) is 0 Å². The van der Waals surface area contributed by atoms with Gasteiger partial charge in [0.15, 0.2) is 0 Å². The van der Waals surface area contributed by atoms with Crippen LogP contribution >= 0.6 is 0 Å². The highest BCUT2D eigenvalue weighted by atomic mass is 16.3. The second-order valence-corrected chi connectivity index (χ2v) is 7.85. The quantitative estimate of drug-likeness (QED) is 0.491. The lowest BCUT2D eigenvalue weighted by molar-refractivity contribution is 0.509. The summed E-state index contributed by atoms with van der Waals surface area (Å²) >= 11 is 0. The summed E-state index contributed by atoms with van der Waals surface area (Å²) in [6.45, 7) is 8.70. The molecule has 0 spiro atoms. The summed E-state index contributed by atoms with van der Waals surface area (Å²) in [5.74, 6) is 5.60. The summed E-state index contributed by atoms with van der Waals surface area (Å²) in [7, 11) is 0. The van der Waals surface area contributed by atoms with Crippen molar-refractivity contribution < 1.29 is 8.83 Å². The molecular weight excluding hydrogens is 300 g/mol. The average molecular weight is 324 g/mol. The fraction of sp³-hybridized carbons (Fsp3) is 0.450. The van der Waals surface area contributed by atoms with Crippen LogP contribution in [0, 0.1) is 6.92 Å². The monoisotopic (exact) mass is 324 g/mol. The maximum atomic E-state index is 6.09. The zero-order valence-electron chi connectivity index (χ0n) is 14.8. The lowest BCUT2D eigenvalue weighted by atomic mass is 9.85. The molecule has 4 heteroatoms. The minimum Gasteiger partial charge on any atom is -0.464 e. The van der Waals surface area contributed by atoms with Crippen LogP contribution in [0.3, 0.4) is 0 Å². The summed E-state index contributed by atoms with van der Waals surface area (Å²) in [4.78, 5) is 0. The lowest BCUT2D eigenvalue weighted by Crippen LogP contribution is -2.19. The van der Waals surface area contributed by atoms with Crippen LogP contribution in [0.4, 0.5) is 0 Å². The molecule has 0 saturated heterocycles. The highest BCUT2D eigenvalue weighted by Gasteiger charge is 2.24. The van der Waals surface area contributed by atoms with Crippen molar-refractivity contribution in [1.82, 2.24) is 0 Å². The minimum absolute atomic E-state index is 0.0368. The molecule has 4 rings (SSSR count). The first-order valence-electron chi connectivity index (χ1n) is 8.65. The topological polar surface area (TPSA) is 64.7 Å². The van der Waals surface area contributed by atoms with Gasteiger partial charge in [0.1, 0.15) is 11.2 Å². The van der Waals surface area contributed by atoms with E-state index in [1.54, 1.807) is 0 Å². The molecule has 0 fully saturated rings. The number of nitrogens with zero attached hydrogens (tertiary/aromatic N) is 1. The number of fused-ring (bicyclic) bond motifs is 4. The zero-order chi connectivity index (χ0) is 17.1. The number of hydrogen-bond donors (Lipinski definition) is 1. The van der Waals surface area contributed by atoms with Gasteiger partial charge < -0.3 is 14.7 Å². The Bertz CT molecular complexity index is 1020. The fourth-order valence-electron chi connectivity index (χ4n) is 3.95. The molecule has 2 heterocycles. The van der Waals surface area contributed by atoms with E-state index in [1.807, 2.05) is 6.26 Å². The average Bonchev–Trinajstić information content (AvgIpc) is 2.99. The SMILES string of the molecule is Cc1c2occ(C(C)(C)C)c2cc2c3c(/c(=N\N)oc12)CCCC3. The summed E-state index contributed by atoms with van der Waals surface area (Å²) in [6.07, 6.45) is 6.29. The Morgan fingerprint density at radius 2 is 1.75 bits per heavy atom. The highest BCUT2D eigenvalue weighted by molar-refractivity contribution is 6.00. The first-order chi connectivity index (χ1) is 11.4. The second-order valence-electron chi connectivity index (χ2n) is 7.85. The molecule has 0 radical (unpaired) electrons. The van der Waals surface area contributed by atoms with Gasteiger partial charge in [-0.3, -0.25) is 0 Å². The van der Waals surface area contributed by atoms with Crippen molar-refractivity contribution in [2.24, 2.45) is 10.9 Å². The predicted molar refractivity (Wildman–Crippen MR) is 95.8 cm³/mol. The van der Waals surface area contributed by atoms with Crippen molar-refractivity contribution in [1.29, 1.82) is 0 Å². The molecule has 4 nitrogen and oxygen atoms in total. The van der Waals surface area contributed by atoms with Crippen LogP contribution in [0.5, 0.6) is 0 Å².